The molecule has 146 valence electrons. The number of methoxy groups -OCH3 is 1. The summed E-state index contributed by atoms with van der Waals surface area (Å²) < 4.78 is 10.6. The van der Waals surface area contributed by atoms with Crippen molar-refractivity contribution in [3.8, 4) is 5.75 Å². The Morgan fingerprint density at radius 3 is 2.17 bits per heavy atom. The van der Waals surface area contributed by atoms with Gasteiger partial charge in [0.05, 0.1) is 19.6 Å². The van der Waals surface area contributed by atoms with Gasteiger partial charge in [0, 0.05) is 23.1 Å². The maximum absolute atomic E-state index is 12.0. The van der Waals surface area contributed by atoms with Gasteiger partial charge in [0.15, 0.2) is 0 Å². The van der Waals surface area contributed by atoms with E-state index in [9.17, 15) is 4.79 Å². The first-order valence-electron chi connectivity index (χ1n) is 9.77. The summed E-state index contributed by atoms with van der Waals surface area (Å²) in [5.41, 5.74) is 3.77. The molecule has 0 fully saturated rings. The molecule has 4 rings (SSSR count). The van der Waals surface area contributed by atoms with Crippen LogP contribution in [0, 0.1) is 0 Å². The summed E-state index contributed by atoms with van der Waals surface area (Å²) in [6, 6.07) is 28.3. The molecule has 0 unspecified atom stereocenters. The third kappa shape index (κ3) is 4.39. The van der Waals surface area contributed by atoms with E-state index in [0.29, 0.717) is 17.9 Å². The minimum Gasteiger partial charge on any atom is -0.497 e. The molecule has 0 bridgehead atoms. The third-order valence-corrected chi connectivity index (χ3v) is 5.21. The predicted octanol–water partition coefficient (Wildman–Crippen LogP) is 3.70. The highest BCUT2D eigenvalue weighted by Gasteiger charge is 2.16. The number of quaternary nitrogens is 1. The van der Waals surface area contributed by atoms with E-state index >= 15 is 0 Å². The van der Waals surface area contributed by atoms with Gasteiger partial charge in [0.1, 0.15) is 17.9 Å². The van der Waals surface area contributed by atoms with Crippen LogP contribution in [0.2, 0.25) is 0 Å². The second-order valence-corrected chi connectivity index (χ2v) is 7.06. The molecule has 3 aromatic carbocycles. The fourth-order valence-electron chi connectivity index (χ4n) is 3.75. The fourth-order valence-corrected chi connectivity index (χ4v) is 3.75. The Bertz CT molecular complexity index is 1100. The zero-order chi connectivity index (χ0) is 20.1. The van der Waals surface area contributed by atoms with E-state index in [1.807, 2.05) is 24.3 Å². The Labute approximate surface area is 169 Å². The Morgan fingerprint density at radius 2 is 1.55 bits per heavy atom. The smallest absolute Gasteiger partial charge is 0.336 e. The van der Waals surface area contributed by atoms with Crippen LogP contribution in [0.3, 0.4) is 0 Å². The topological polar surface area (TPSA) is 56.0 Å². The number of hydrogen-bond acceptors (Lipinski definition) is 3. The van der Waals surface area contributed by atoms with E-state index < -0.39 is 0 Å². The lowest BCUT2D eigenvalue weighted by Crippen LogP contribution is -2.83. The van der Waals surface area contributed by atoms with E-state index in [-0.39, 0.29) is 11.5 Å². The molecule has 1 aromatic heterocycles. The van der Waals surface area contributed by atoms with Crippen molar-refractivity contribution < 1.29 is 14.5 Å². The normalized spacial score (nSPS) is 11.1. The van der Waals surface area contributed by atoms with Crippen LogP contribution in [0.15, 0.2) is 94.1 Å². The molecule has 29 heavy (non-hydrogen) atoms. The maximum atomic E-state index is 12.0. The number of benzene rings is 3. The largest absolute Gasteiger partial charge is 0.497 e. The summed E-state index contributed by atoms with van der Waals surface area (Å²) in [5, 5.41) is 3.20. The minimum atomic E-state index is -0.336. The van der Waals surface area contributed by atoms with E-state index in [4.69, 9.17) is 9.15 Å². The zero-order valence-corrected chi connectivity index (χ0v) is 16.4. The molecule has 0 aliphatic heterocycles. The van der Waals surface area contributed by atoms with Crippen LogP contribution < -0.4 is 15.7 Å². The van der Waals surface area contributed by atoms with Crippen LogP contribution in [-0.2, 0) is 6.54 Å². The molecule has 1 heterocycles. The molecule has 0 atom stereocenters. The lowest BCUT2D eigenvalue weighted by Gasteiger charge is -2.17. The van der Waals surface area contributed by atoms with Gasteiger partial charge in [-0.25, -0.2) is 4.79 Å². The summed E-state index contributed by atoms with van der Waals surface area (Å²) in [7, 11) is 1.60. The average Bonchev–Trinajstić information content (AvgIpc) is 2.77. The van der Waals surface area contributed by atoms with Crippen molar-refractivity contribution in [1.82, 2.24) is 0 Å². The van der Waals surface area contributed by atoms with E-state index in [2.05, 4.69) is 53.8 Å². The van der Waals surface area contributed by atoms with Gasteiger partial charge in [-0.2, -0.15) is 0 Å². The highest BCUT2D eigenvalue weighted by Crippen LogP contribution is 2.24. The molecule has 0 aliphatic rings. The van der Waals surface area contributed by atoms with Crippen molar-refractivity contribution >= 4 is 11.0 Å². The Hall–Kier alpha value is -3.37. The van der Waals surface area contributed by atoms with Gasteiger partial charge >= 0.3 is 5.63 Å². The van der Waals surface area contributed by atoms with Crippen LogP contribution in [-0.4, -0.2) is 13.7 Å². The van der Waals surface area contributed by atoms with Crippen molar-refractivity contribution in [2.75, 3.05) is 13.7 Å². The highest BCUT2D eigenvalue weighted by atomic mass is 16.5. The quantitative estimate of drug-likeness (QED) is 0.493. The summed E-state index contributed by atoms with van der Waals surface area (Å²) in [4.78, 5) is 12.0. The van der Waals surface area contributed by atoms with Crippen LogP contribution in [0.25, 0.3) is 11.0 Å². The lowest BCUT2D eigenvalue weighted by molar-refractivity contribution is -0.671. The van der Waals surface area contributed by atoms with E-state index in [0.717, 1.165) is 17.5 Å². The standard InChI is InChI=1S/C25H23NO3/c1-28-21-12-13-22-20(14-25(27)29-24(22)15-21)16-26-17-23(18-8-4-2-5-9-18)19-10-6-3-7-11-19/h2-15,23,26H,16-17H2,1H3/p+1. The van der Waals surface area contributed by atoms with Gasteiger partial charge in [-0.1, -0.05) is 60.7 Å². The van der Waals surface area contributed by atoms with Gasteiger partial charge in [-0.3, -0.25) is 0 Å². The summed E-state index contributed by atoms with van der Waals surface area (Å²) in [6.45, 7) is 1.58. The number of rotatable bonds is 7. The fraction of sp³-hybridized carbons (Fsp3) is 0.160. The summed E-state index contributed by atoms with van der Waals surface area (Å²) >= 11 is 0. The molecule has 0 spiro atoms. The van der Waals surface area contributed by atoms with Gasteiger partial charge in [0.2, 0.25) is 0 Å². The van der Waals surface area contributed by atoms with Crippen LogP contribution in [0.4, 0.5) is 0 Å². The first kappa shape index (κ1) is 19.0. The second kappa shape index (κ2) is 8.76. The molecule has 4 heteroatoms. The van der Waals surface area contributed by atoms with Crippen LogP contribution in [0.5, 0.6) is 5.75 Å². The van der Waals surface area contributed by atoms with Gasteiger partial charge in [0.25, 0.3) is 0 Å². The zero-order valence-electron chi connectivity index (χ0n) is 16.4. The Balaban J connectivity index is 1.57. The van der Waals surface area contributed by atoms with Crippen molar-refractivity contribution in [2.45, 2.75) is 12.5 Å². The van der Waals surface area contributed by atoms with Crippen molar-refractivity contribution in [3.05, 3.63) is 112 Å². The van der Waals surface area contributed by atoms with Crippen molar-refractivity contribution in [2.24, 2.45) is 0 Å². The van der Waals surface area contributed by atoms with Crippen molar-refractivity contribution in [3.63, 3.8) is 0 Å². The van der Waals surface area contributed by atoms with E-state index in [1.54, 1.807) is 19.2 Å². The van der Waals surface area contributed by atoms with Gasteiger partial charge in [-0.15, -0.1) is 0 Å². The number of hydrogen-bond donors (Lipinski definition) is 1. The molecule has 0 amide bonds. The molecule has 4 nitrogen and oxygen atoms in total. The average molecular weight is 386 g/mol. The molecule has 4 aromatic rings. The van der Waals surface area contributed by atoms with E-state index in [1.165, 1.54) is 11.1 Å². The highest BCUT2D eigenvalue weighted by molar-refractivity contribution is 5.81. The number of fused-ring (bicyclic) bond motifs is 1. The molecule has 0 aliphatic carbocycles. The first-order chi connectivity index (χ1) is 14.2. The van der Waals surface area contributed by atoms with Crippen molar-refractivity contribution in [1.29, 1.82) is 0 Å². The third-order valence-electron chi connectivity index (χ3n) is 5.21. The SMILES string of the molecule is COc1ccc2c(C[NH2+]CC(c3ccccc3)c3ccccc3)cc(=O)oc2c1. The van der Waals surface area contributed by atoms with Crippen LogP contribution in [0.1, 0.15) is 22.6 Å². The Morgan fingerprint density at radius 1 is 0.897 bits per heavy atom. The molecular formula is C25H24NO3+. The lowest BCUT2D eigenvalue weighted by atomic mass is 9.91. The monoisotopic (exact) mass is 386 g/mol. The minimum absolute atomic E-state index is 0.281. The molecule has 2 N–H and O–H groups in total. The number of nitrogens with two attached hydrogens (primary N) is 1. The number of ether oxygens (including phenoxy) is 1. The second-order valence-electron chi connectivity index (χ2n) is 7.06. The predicted molar refractivity (Wildman–Crippen MR) is 114 cm³/mol. The first-order valence-corrected chi connectivity index (χ1v) is 9.77. The maximum Gasteiger partial charge on any atom is 0.336 e. The molecular weight excluding hydrogens is 362 g/mol. The molecule has 0 radical (unpaired) electrons. The van der Waals surface area contributed by atoms with Gasteiger partial charge < -0.3 is 14.5 Å². The summed E-state index contributed by atoms with van der Waals surface area (Å²) in [6.07, 6.45) is 0. The molecule has 0 saturated carbocycles. The van der Waals surface area contributed by atoms with Crippen LogP contribution >= 0.6 is 0 Å². The Kier molecular flexibility index (Phi) is 5.73. The van der Waals surface area contributed by atoms with Gasteiger partial charge in [-0.05, 0) is 23.3 Å². The summed E-state index contributed by atoms with van der Waals surface area (Å²) in [5.74, 6) is 0.957. The molecule has 0 saturated heterocycles.